The van der Waals surface area contributed by atoms with E-state index in [1.54, 1.807) is 49.7 Å². The highest BCUT2D eigenvalue weighted by Crippen LogP contribution is 2.39. The van der Waals surface area contributed by atoms with E-state index in [4.69, 9.17) is 30.5 Å². The summed E-state index contributed by atoms with van der Waals surface area (Å²) in [5.41, 5.74) is 3.11. The molecule has 0 bridgehead atoms. The number of fused-ring (bicyclic) bond motifs is 1. The number of ether oxygens (including phenoxy) is 4. The number of benzene rings is 3. The molecule has 3 aromatic carbocycles. The smallest absolute Gasteiger partial charge is 0.163 e. The minimum Gasteiger partial charge on any atom is -0.493 e. The minimum atomic E-state index is -0.380. The first-order valence-corrected chi connectivity index (χ1v) is 15.8. The summed E-state index contributed by atoms with van der Waals surface area (Å²) in [7, 11) is 1.62. The van der Waals surface area contributed by atoms with E-state index in [1.807, 2.05) is 19.1 Å². The van der Waals surface area contributed by atoms with E-state index in [1.165, 1.54) is 18.9 Å². The van der Waals surface area contributed by atoms with Crippen molar-refractivity contribution in [2.45, 2.75) is 39.0 Å². The third-order valence-corrected chi connectivity index (χ3v) is 9.18. The molecular formula is C36H38ClFN2O5. The summed E-state index contributed by atoms with van der Waals surface area (Å²) in [6.07, 6.45) is 5.15. The number of likely N-dealkylation sites (tertiary alicyclic amines) is 1. The first-order valence-electron chi connectivity index (χ1n) is 15.4. The maximum absolute atomic E-state index is 14.1. The highest BCUT2D eigenvalue weighted by Gasteiger charge is 2.40. The van der Waals surface area contributed by atoms with Gasteiger partial charge in [-0.1, -0.05) is 35.4 Å². The number of rotatable bonds is 12. The number of halogens is 2. The number of methoxy groups -OCH3 is 1. The van der Waals surface area contributed by atoms with Gasteiger partial charge in [-0.3, -0.25) is 9.78 Å². The van der Waals surface area contributed by atoms with Crippen LogP contribution in [0.5, 0.6) is 23.0 Å². The predicted molar refractivity (Wildman–Crippen MR) is 172 cm³/mol. The molecule has 45 heavy (non-hydrogen) atoms. The molecule has 4 aromatic rings. The van der Waals surface area contributed by atoms with Crippen molar-refractivity contribution >= 4 is 28.3 Å². The molecule has 1 spiro atoms. The quantitative estimate of drug-likeness (QED) is 0.151. The number of ketones is 1. The molecule has 2 aliphatic rings. The second-order valence-electron chi connectivity index (χ2n) is 12.2. The van der Waals surface area contributed by atoms with Crippen LogP contribution in [-0.4, -0.2) is 62.2 Å². The number of Topliss-reactive ketones (excluding diaryl/α,β-unsaturated/α-hetero) is 1. The minimum absolute atomic E-state index is 0.00778. The molecule has 2 saturated heterocycles. The van der Waals surface area contributed by atoms with Crippen molar-refractivity contribution in [3.8, 4) is 23.0 Å². The number of hydrogen-bond acceptors (Lipinski definition) is 7. The predicted octanol–water partition coefficient (Wildman–Crippen LogP) is 7.37. The van der Waals surface area contributed by atoms with Crippen LogP contribution in [0.15, 0.2) is 60.8 Å². The zero-order chi connectivity index (χ0) is 31.4. The summed E-state index contributed by atoms with van der Waals surface area (Å²) >= 11 is 6.55. The Balaban J connectivity index is 1.07. The van der Waals surface area contributed by atoms with Crippen LogP contribution in [0.4, 0.5) is 4.39 Å². The Morgan fingerprint density at radius 1 is 1.00 bits per heavy atom. The second kappa shape index (κ2) is 13.7. The first kappa shape index (κ1) is 31.3. The SMILES string of the molecule is COc1cc2c(Oc3ccc(CC(=O)Cc4cc(C)ccc4F)c(Cl)c3)ccnc2cc1OCCCN1CCC2(CC1)COC2. The van der Waals surface area contributed by atoms with Crippen molar-refractivity contribution in [2.75, 3.05) is 46.6 Å². The molecular weight excluding hydrogens is 595 g/mol. The van der Waals surface area contributed by atoms with Gasteiger partial charge < -0.3 is 23.8 Å². The summed E-state index contributed by atoms with van der Waals surface area (Å²) in [6, 6.07) is 15.5. The number of aryl methyl sites for hydroxylation is 1. The van der Waals surface area contributed by atoms with Crippen LogP contribution in [0.25, 0.3) is 10.9 Å². The lowest BCUT2D eigenvalue weighted by Crippen LogP contribution is -2.51. The fraction of sp³-hybridized carbons (Fsp3) is 0.389. The van der Waals surface area contributed by atoms with E-state index in [9.17, 15) is 9.18 Å². The fourth-order valence-corrected chi connectivity index (χ4v) is 6.32. The van der Waals surface area contributed by atoms with Gasteiger partial charge in [0.15, 0.2) is 11.5 Å². The first-order chi connectivity index (χ1) is 21.8. The standard InChI is InChI=1S/C36H38ClFN2O5/c1-24-4-7-31(38)26(16-24)18-27(41)17-25-5-6-28(19-30(25)37)45-33-8-11-39-32-21-35(34(42-2)20-29(32)33)44-15-3-12-40-13-9-36(10-14-40)22-43-23-36/h4-8,11,16,19-21H,3,9-10,12-15,17-18,22-23H2,1-2H3. The van der Waals surface area contributed by atoms with Gasteiger partial charge in [0.1, 0.15) is 23.1 Å². The summed E-state index contributed by atoms with van der Waals surface area (Å²) in [4.78, 5) is 19.8. The molecule has 7 nitrogen and oxygen atoms in total. The van der Waals surface area contributed by atoms with E-state index >= 15 is 0 Å². The third-order valence-electron chi connectivity index (χ3n) is 8.83. The molecule has 0 radical (unpaired) electrons. The van der Waals surface area contributed by atoms with Gasteiger partial charge in [-0.15, -0.1) is 0 Å². The molecule has 1 aromatic heterocycles. The highest BCUT2D eigenvalue weighted by molar-refractivity contribution is 6.31. The normalized spacial score (nSPS) is 16.0. The number of nitrogens with zero attached hydrogens (tertiary/aromatic N) is 2. The van der Waals surface area contributed by atoms with Crippen LogP contribution < -0.4 is 14.2 Å². The molecule has 0 N–H and O–H groups in total. The summed E-state index contributed by atoms with van der Waals surface area (Å²) < 4.78 is 37.6. The van der Waals surface area contributed by atoms with Crippen molar-refractivity contribution in [2.24, 2.45) is 5.41 Å². The van der Waals surface area contributed by atoms with Gasteiger partial charge in [-0.25, -0.2) is 4.39 Å². The van der Waals surface area contributed by atoms with Crippen LogP contribution in [0.3, 0.4) is 0 Å². The lowest BCUT2D eigenvalue weighted by atomic mass is 9.77. The number of pyridine rings is 1. The molecule has 6 rings (SSSR count). The van der Waals surface area contributed by atoms with Crippen LogP contribution in [0.2, 0.25) is 5.02 Å². The molecule has 0 aliphatic carbocycles. The van der Waals surface area contributed by atoms with Gasteiger partial charge in [-0.05, 0) is 80.7 Å². The van der Waals surface area contributed by atoms with E-state index in [0.29, 0.717) is 56.7 Å². The molecule has 236 valence electrons. The van der Waals surface area contributed by atoms with Crippen LogP contribution in [0, 0.1) is 18.2 Å². The molecule has 0 unspecified atom stereocenters. The Kier molecular flexibility index (Phi) is 9.54. The fourth-order valence-electron chi connectivity index (χ4n) is 6.08. The highest BCUT2D eigenvalue weighted by atomic mass is 35.5. The van der Waals surface area contributed by atoms with E-state index in [2.05, 4.69) is 9.88 Å². The van der Waals surface area contributed by atoms with E-state index in [0.717, 1.165) is 50.2 Å². The lowest BCUT2D eigenvalue weighted by Gasteiger charge is -2.47. The third kappa shape index (κ3) is 7.40. The van der Waals surface area contributed by atoms with Crippen molar-refractivity contribution < 1.29 is 28.1 Å². The molecule has 2 aliphatic heterocycles. The number of piperidine rings is 1. The Bertz CT molecular complexity index is 1680. The second-order valence-corrected chi connectivity index (χ2v) is 12.6. The number of carbonyl (C=O) groups is 1. The molecule has 0 saturated carbocycles. The largest absolute Gasteiger partial charge is 0.493 e. The van der Waals surface area contributed by atoms with E-state index < -0.39 is 0 Å². The maximum Gasteiger partial charge on any atom is 0.163 e. The Morgan fingerprint density at radius 2 is 1.80 bits per heavy atom. The maximum atomic E-state index is 14.1. The van der Waals surface area contributed by atoms with Gasteiger partial charge in [-0.2, -0.15) is 0 Å². The monoisotopic (exact) mass is 632 g/mol. The Morgan fingerprint density at radius 3 is 2.53 bits per heavy atom. The van der Waals surface area contributed by atoms with Crippen LogP contribution in [0.1, 0.15) is 36.0 Å². The topological polar surface area (TPSA) is 70.1 Å². The van der Waals surface area contributed by atoms with Crippen LogP contribution >= 0.6 is 11.6 Å². The molecule has 9 heteroatoms. The van der Waals surface area contributed by atoms with Gasteiger partial charge in [0, 0.05) is 47.5 Å². The number of aromatic nitrogens is 1. The van der Waals surface area contributed by atoms with Crippen molar-refractivity contribution in [3.05, 3.63) is 88.3 Å². The number of hydrogen-bond donors (Lipinski definition) is 0. The molecule has 0 atom stereocenters. The van der Waals surface area contributed by atoms with Crippen LogP contribution in [-0.2, 0) is 22.4 Å². The summed E-state index contributed by atoms with van der Waals surface area (Å²) in [5.74, 6) is 1.84. The van der Waals surface area contributed by atoms with Crippen molar-refractivity contribution in [3.63, 3.8) is 0 Å². The van der Waals surface area contributed by atoms with Crippen molar-refractivity contribution in [1.29, 1.82) is 0 Å². The molecule has 2 fully saturated rings. The Hall–Kier alpha value is -3.72. The number of carbonyl (C=O) groups excluding carboxylic acids is 1. The average molecular weight is 633 g/mol. The zero-order valence-electron chi connectivity index (χ0n) is 25.7. The zero-order valence-corrected chi connectivity index (χ0v) is 26.5. The molecule has 3 heterocycles. The average Bonchev–Trinajstić information content (AvgIpc) is 3.02. The summed E-state index contributed by atoms with van der Waals surface area (Å²) in [5, 5.41) is 1.16. The Labute approximate surface area is 268 Å². The van der Waals surface area contributed by atoms with Gasteiger partial charge >= 0.3 is 0 Å². The van der Waals surface area contributed by atoms with Gasteiger partial charge in [0.25, 0.3) is 0 Å². The molecule has 0 amide bonds. The van der Waals surface area contributed by atoms with E-state index in [-0.39, 0.29) is 24.4 Å². The van der Waals surface area contributed by atoms with Gasteiger partial charge in [0.2, 0.25) is 0 Å². The summed E-state index contributed by atoms with van der Waals surface area (Å²) in [6.45, 7) is 7.55. The van der Waals surface area contributed by atoms with Gasteiger partial charge in [0.05, 0.1) is 32.4 Å². The lowest BCUT2D eigenvalue weighted by molar-refractivity contribution is -0.139. The van der Waals surface area contributed by atoms with Crippen molar-refractivity contribution in [1.82, 2.24) is 9.88 Å².